The number of carbonyl (C=O) groups is 1. The summed E-state index contributed by atoms with van der Waals surface area (Å²) in [5.41, 5.74) is 7.21. The molecule has 3 N–H and O–H groups in total. The van der Waals surface area contributed by atoms with E-state index in [1.165, 1.54) is 4.68 Å². The number of hydrogen-bond donors (Lipinski definition) is 2. The van der Waals surface area contributed by atoms with E-state index in [4.69, 9.17) is 10.5 Å². The van der Waals surface area contributed by atoms with E-state index in [1.54, 1.807) is 13.3 Å². The average molecular weight is 289 g/mol. The van der Waals surface area contributed by atoms with Gasteiger partial charge >= 0.3 is 0 Å². The monoisotopic (exact) mass is 289 g/mol. The van der Waals surface area contributed by atoms with Crippen molar-refractivity contribution in [2.45, 2.75) is 19.5 Å². The minimum Gasteiger partial charge on any atom is -0.497 e. The second-order valence-corrected chi connectivity index (χ2v) is 4.57. The first-order chi connectivity index (χ1) is 10.2. The summed E-state index contributed by atoms with van der Waals surface area (Å²) in [6.45, 7) is 1.10. The van der Waals surface area contributed by atoms with Gasteiger partial charge in [0.1, 0.15) is 12.3 Å². The van der Waals surface area contributed by atoms with Gasteiger partial charge in [-0.1, -0.05) is 17.3 Å². The topological polar surface area (TPSA) is 95.1 Å². The Morgan fingerprint density at radius 3 is 3.10 bits per heavy atom. The number of ether oxygens (including phenoxy) is 1. The van der Waals surface area contributed by atoms with E-state index < -0.39 is 0 Å². The van der Waals surface area contributed by atoms with E-state index >= 15 is 0 Å². The van der Waals surface area contributed by atoms with Crippen molar-refractivity contribution in [1.82, 2.24) is 20.3 Å². The van der Waals surface area contributed by atoms with Crippen LogP contribution in [-0.4, -0.2) is 34.6 Å². The zero-order valence-corrected chi connectivity index (χ0v) is 12.0. The standard InChI is InChI=1S/C14H19N5O2/c1-21-13-4-2-3-11(7-13)8-16-14(20)10-19-9-12(5-6-15)17-18-19/h2-4,7,9H,5-6,8,10,15H2,1H3,(H,16,20). The highest BCUT2D eigenvalue weighted by Crippen LogP contribution is 2.12. The van der Waals surface area contributed by atoms with Gasteiger partial charge in [-0.05, 0) is 24.2 Å². The molecule has 1 aromatic heterocycles. The first-order valence-corrected chi connectivity index (χ1v) is 6.70. The average Bonchev–Trinajstić information content (AvgIpc) is 2.93. The molecule has 0 aliphatic rings. The van der Waals surface area contributed by atoms with Crippen molar-refractivity contribution >= 4 is 5.91 Å². The maximum absolute atomic E-state index is 11.9. The van der Waals surface area contributed by atoms with Gasteiger partial charge in [0.25, 0.3) is 0 Å². The molecule has 2 rings (SSSR count). The summed E-state index contributed by atoms with van der Waals surface area (Å²) in [7, 11) is 1.61. The molecule has 7 heteroatoms. The Hall–Kier alpha value is -2.41. The molecule has 2 aromatic rings. The van der Waals surface area contributed by atoms with Gasteiger partial charge in [-0.15, -0.1) is 5.10 Å². The number of nitrogens with two attached hydrogens (primary N) is 1. The van der Waals surface area contributed by atoms with E-state index in [2.05, 4.69) is 15.6 Å². The largest absolute Gasteiger partial charge is 0.497 e. The van der Waals surface area contributed by atoms with Crippen LogP contribution in [0.4, 0.5) is 0 Å². The molecular formula is C14H19N5O2. The van der Waals surface area contributed by atoms with Gasteiger partial charge in [-0.2, -0.15) is 0 Å². The fourth-order valence-electron chi connectivity index (χ4n) is 1.86. The van der Waals surface area contributed by atoms with Crippen molar-refractivity contribution in [3.8, 4) is 5.75 Å². The number of nitrogens with one attached hydrogen (secondary N) is 1. The van der Waals surface area contributed by atoms with Gasteiger partial charge in [0, 0.05) is 19.2 Å². The first-order valence-electron chi connectivity index (χ1n) is 6.70. The summed E-state index contributed by atoms with van der Waals surface area (Å²) < 4.78 is 6.64. The highest BCUT2D eigenvalue weighted by molar-refractivity contribution is 5.75. The highest BCUT2D eigenvalue weighted by atomic mass is 16.5. The Labute approximate surface area is 123 Å². The minimum absolute atomic E-state index is 0.123. The predicted molar refractivity (Wildman–Crippen MR) is 77.6 cm³/mol. The number of carbonyl (C=O) groups excluding carboxylic acids is 1. The molecule has 0 fully saturated rings. The first kappa shape index (κ1) is 15.0. The number of benzene rings is 1. The van der Waals surface area contributed by atoms with Crippen molar-refractivity contribution in [2.75, 3.05) is 13.7 Å². The van der Waals surface area contributed by atoms with Crippen molar-refractivity contribution in [2.24, 2.45) is 5.73 Å². The molecule has 1 heterocycles. The summed E-state index contributed by atoms with van der Waals surface area (Å²) >= 11 is 0. The van der Waals surface area contributed by atoms with E-state index in [0.717, 1.165) is 17.0 Å². The molecule has 0 bridgehead atoms. The normalized spacial score (nSPS) is 10.4. The van der Waals surface area contributed by atoms with Crippen LogP contribution in [0.1, 0.15) is 11.3 Å². The Kier molecular flexibility index (Phi) is 5.28. The minimum atomic E-state index is -0.123. The van der Waals surface area contributed by atoms with Crippen LogP contribution in [-0.2, 0) is 24.3 Å². The lowest BCUT2D eigenvalue weighted by atomic mass is 10.2. The van der Waals surface area contributed by atoms with Crippen LogP contribution in [0.25, 0.3) is 0 Å². The van der Waals surface area contributed by atoms with Crippen LogP contribution in [0.15, 0.2) is 30.5 Å². The third kappa shape index (κ3) is 4.57. The molecule has 0 saturated heterocycles. The van der Waals surface area contributed by atoms with Gasteiger partial charge < -0.3 is 15.8 Å². The third-order valence-corrected chi connectivity index (χ3v) is 2.92. The predicted octanol–water partition coefficient (Wildman–Crippen LogP) is 0.104. The quantitative estimate of drug-likeness (QED) is 0.754. The fraction of sp³-hybridized carbons (Fsp3) is 0.357. The molecule has 112 valence electrons. The van der Waals surface area contributed by atoms with Gasteiger partial charge in [0.05, 0.1) is 12.8 Å². The van der Waals surface area contributed by atoms with Gasteiger partial charge in [0.2, 0.25) is 5.91 Å². The summed E-state index contributed by atoms with van der Waals surface area (Å²) in [5, 5.41) is 10.7. The lowest BCUT2D eigenvalue weighted by molar-refractivity contribution is -0.122. The molecule has 0 unspecified atom stereocenters. The highest BCUT2D eigenvalue weighted by Gasteiger charge is 2.06. The molecule has 0 saturated carbocycles. The lowest BCUT2D eigenvalue weighted by Crippen LogP contribution is -2.27. The molecule has 1 aromatic carbocycles. The Morgan fingerprint density at radius 2 is 2.33 bits per heavy atom. The van der Waals surface area contributed by atoms with Crippen molar-refractivity contribution in [1.29, 1.82) is 0 Å². The van der Waals surface area contributed by atoms with Crippen LogP contribution in [0.3, 0.4) is 0 Å². The fourth-order valence-corrected chi connectivity index (χ4v) is 1.86. The summed E-state index contributed by atoms with van der Waals surface area (Å²) in [5.74, 6) is 0.645. The summed E-state index contributed by atoms with van der Waals surface area (Å²) in [4.78, 5) is 11.9. The second kappa shape index (κ2) is 7.39. The molecular weight excluding hydrogens is 270 g/mol. The Balaban J connectivity index is 1.83. The van der Waals surface area contributed by atoms with Crippen LogP contribution in [0.5, 0.6) is 5.75 Å². The van der Waals surface area contributed by atoms with Crippen molar-refractivity contribution in [3.05, 3.63) is 41.7 Å². The number of hydrogen-bond acceptors (Lipinski definition) is 5. The molecule has 0 spiro atoms. The molecule has 21 heavy (non-hydrogen) atoms. The van der Waals surface area contributed by atoms with Crippen molar-refractivity contribution < 1.29 is 9.53 Å². The van der Waals surface area contributed by atoms with Gasteiger partial charge in [0.15, 0.2) is 0 Å². The van der Waals surface area contributed by atoms with Crippen LogP contribution in [0, 0.1) is 0 Å². The zero-order valence-electron chi connectivity index (χ0n) is 12.0. The molecule has 0 aliphatic heterocycles. The van der Waals surface area contributed by atoms with Crippen LogP contribution < -0.4 is 15.8 Å². The molecule has 0 radical (unpaired) electrons. The van der Waals surface area contributed by atoms with Crippen LogP contribution in [0.2, 0.25) is 0 Å². The lowest BCUT2D eigenvalue weighted by Gasteiger charge is -2.06. The van der Waals surface area contributed by atoms with E-state index in [0.29, 0.717) is 19.5 Å². The third-order valence-electron chi connectivity index (χ3n) is 2.92. The maximum atomic E-state index is 11.9. The van der Waals surface area contributed by atoms with Gasteiger partial charge in [-0.25, -0.2) is 4.68 Å². The SMILES string of the molecule is COc1cccc(CNC(=O)Cn2cc(CCN)nn2)c1. The van der Waals surface area contributed by atoms with E-state index in [1.807, 2.05) is 24.3 Å². The molecule has 7 nitrogen and oxygen atoms in total. The van der Waals surface area contributed by atoms with Crippen LogP contribution >= 0.6 is 0 Å². The summed E-state index contributed by atoms with van der Waals surface area (Å²) in [6.07, 6.45) is 2.39. The number of nitrogens with zero attached hydrogens (tertiary/aromatic N) is 3. The number of amides is 1. The molecule has 0 aliphatic carbocycles. The number of methoxy groups -OCH3 is 1. The smallest absolute Gasteiger partial charge is 0.242 e. The number of aromatic nitrogens is 3. The maximum Gasteiger partial charge on any atom is 0.242 e. The Bertz CT molecular complexity index is 597. The van der Waals surface area contributed by atoms with E-state index in [-0.39, 0.29) is 12.5 Å². The summed E-state index contributed by atoms with van der Waals surface area (Å²) in [6, 6.07) is 7.56. The zero-order chi connectivity index (χ0) is 15.1. The van der Waals surface area contributed by atoms with E-state index in [9.17, 15) is 4.79 Å². The second-order valence-electron chi connectivity index (χ2n) is 4.57. The molecule has 0 atom stereocenters. The number of rotatable bonds is 7. The van der Waals surface area contributed by atoms with Crippen molar-refractivity contribution in [3.63, 3.8) is 0 Å². The Morgan fingerprint density at radius 1 is 1.48 bits per heavy atom. The van der Waals surface area contributed by atoms with Gasteiger partial charge in [-0.3, -0.25) is 4.79 Å². The molecule has 1 amide bonds.